The van der Waals surface area contributed by atoms with Crippen LogP contribution < -0.4 is 0 Å². The fourth-order valence-corrected chi connectivity index (χ4v) is 8.85. The zero-order valence-electron chi connectivity index (χ0n) is 44.0. The maximum atomic E-state index is 12.8. The van der Waals surface area contributed by atoms with Crippen LogP contribution in [0.3, 0.4) is 0 Å². The van der Waals surface area contributed by atoms with E-state index in [4.69, 9.17) is 14.2 Å². The molecule has 0 aromatic carbocycles. The van der Waals surface area contributed by atoms with Gasteiger partial charge in [0.1, 0.15) is 13.2 Å². The maximum absolute atomic E-state index is 12.8. The monoisotopic (exact) mass is 917 g/mol. The Labute approximate surface area is 405 Å². The quantitative estimate of drug-likeness (QED) is 0.0262. The van der Waals surface area contributed by atoms with E-state index in [1.54, 1.807) is 0 Å². The van der Waals surface area contributed by atoms with Crippen LogP contribution >= 0.6 is 0 Å². The van der Waals surface area contributed by atoms with Crippen LogP contribution in [-0.2, 0) is 28.6 Å². The highest BCUT2D eigenvalue weighted by molar-refractivity contribution is 5.71. The predicted molar refractivity (Wildman–Crippen MR) is 280 cm³/mol. The molecular weight excluding hydrogens is 805 g/mol. The minimum Gasteiger partial charge on any atom is -0.462 e. The van der Waals surface area contributed by atoms with Gasteiger partial charge in [-0.15, -0.1) is 0 Å². The first-order valence-electron chi connectivity index (χ1n) is 29.2. The van der Waals surface area contributed by atoms with Crippen molar-refractivity contribution in [1.82, 2.24) is 0 Å². The van der Waals surface area contributed by atoms with Gasteiger partial charge in [-0.2, -0.15) is 0 Å². The summed E-state index contributed by atoms with van der Waals surface area (Å²) in [4.78, 5) is 38.0. The summed E-state index contributed by atoms with van der Waals surface area (Å²) < 4.78 is 16.8. The average Bonchev–Trinajstić information content (AvgIpc) is 3.30. The molecule has 0 spiro atoms. The third-order valence-electron chi connectivity index (χ3n) is 13.3. The zero-order valence-corrected chi connectivity index (χ0v) is 44.0. The fourth-order valence-electron chi connectivity index (χ4n) is 8.85. The van der Waals surface area contributed by atoms with Crippen LogP contribution in [0.2, 0.25) is 0 Å². The summed E-state index contributed by atoms with van der Waals surface area (Å²) in [5.41, 5.74) is 0. The van der Waals surface area contributed by atoms with Crippen LogP contribution in [0.4, 0.5) is 0 Å². The highest BCUT2D eigenvalue weighted by Gasteiger charge is 2.19. The molecule has 65 heavy (non-hydrogen) atoms. The van der Waals surface area contributed by atoms with Gasteiger partial charge in [0.05, 0.1) is 0 Å². The van der Waals surface area contributed by atoms with Crippen molar-refractivity contribution in [1.29, 1.82) is 0 Å². The topological polar surface area (TPSA) is 78.9 Å². The van der Waals surface area contributed by atoms with Gasteiger partial charge in [0, 0.05) is 19.3 Å². The summed E-state index contributed by atoms with van der Waals surface area (Å²) in [6, 6.07) is 0. The minimum atomic E-state index is -0.768. The molecule has 384 valence electrons. The van der Waals surface area contributed by atoms with E-state index < -0.39 is 6.10 Å². The molecule has 0 aliphatic carbocycles. The van der Waals surface area contributed by atoms with Crippen LogP contribution in [0, 0.1) is 0 Å². The highest BCUT2D eigenvalue weighted by atomic mass is 16.6. The van der Waals surface area contributed by atoms with Crippen LogP contribution in [0.15, 0.2) is 12.2 Å². The smallest absolute Gasteiger partial charge is 0.306 e. The molecule has 0 heterocycles. The minimum absolute atomic E-state index is 0.0678. The largest absolute Gasteiger partial charge is 0.462 e. The van der Waals surface area contributed by atoms with Crippen molar-refractivity contribution >= 4 is 17.9 Å². The number of carbonyl (C=O) groups is 3. The van der Waals surface area contributed by atoms with Crippen molar-refractivity contribution in [3.63, 3.8) is 0 Å². The Bertz CT molecular complexity index is 1010. The normalized spacial score (nSPS) is 12.0. The van der Waals surface area contributed by atoms with E-state index in [2.05, 4.69) is 32.9 Å². The molecular formula is C59H112O6. The molecule has 0 fully saturated rings. The standard InChI is InChI=1S/C59H112O6/c1-4-7-10-13-16-19-21-23-25-26-27-28-29-30-31-32-34-35-37-40-43-46-49-52-58(61)64-55-56(54-63-57(60)51-48-45-42-39-18-15-12-9-6-3)65-59(62)53-50-47-44-41-38-36-33-24-22-20-17-14-11-8-5-2/h24,33,56H,4-23,25-32,34-55H2,1-3H3/b33-24-. The molecule has 6 nitrogen and oxygen atoms in total. The van der Waals surface area contributed by atoms with Crippen molar-refractivity contribution in [2.24, 2.45) is 0 Å². The molecule has 0 N–H and O–H groups in total. The highest BCUT2D eigenvalue weighted by Crippen LogP contribution is 2.17. The number of ether oxygens (including phenoxy) is 3. The summed E-state index contributed by atoms with van der Waals surface area (Å²) in [6.07, 6.45) is 62.2. The molecule has 0 aromatic rings. The van der Waals surface area contributed by atoms with Gasteiger partial charge in [0.2, 0.25) is 0 Å². The molecule has 1 atom stereocenters. The number of unbranched alkanes of at least 4 members (excludes halogenated alkanes) is 41. The second-order valence-electron chi connectivity index (χ2n) is 19.9. The summed E-state index contributed by atoms with van der Waals surface area (Å²) in [7, 11) is 0. The Morgan fingerprint density at radius 2 is 0.508 bits per heavy atom. The van der Waals surface area contributed by atoms with E-state index in [1.165, 1.54) is 225 Å². The van der Waals surface area contributed by atoms with Crippen LogP contribution in [0.25, 0.3) is 0 Å². The molecule has 0 aliphatic heterocycles. The summed E-state index contributed by atoms with van der Waals surface area (Å²) in [5, 5.41) is 0. The molecule has 0 aliphatic rings. The van der Waals surface area contributed by atoms with Crippen molar-refractivity contribution in [3.05, 3.63) is 12.2 Å². The zero-order chi connectivity index (χ0) is 47.2. The molecule has 0 bridgehead atoms. The van der Waals surface area contributed by atoms with E-state index in [1.807, 2.05) is 0 Å². The molecule has 1 unspecified atom stereocenters. The second kappa shape index (κ2) is 54.8. The number of hydrogen-bond donors (Lipinski definition) is 0. The van der Waals surface area contributed by atoms with Crippen molar-refractivity contribution in [2.45, 2.75) is 335 Å². The maximum Gasteiger partial charge on any atom is 0.306 e. The van der Waals surface area contributed by atoms with Gasteiger partial charge in [-0.05, 0) is 44.9 Å². The van der Waals surface area contributed by atoms with Crippen LogP contribution in [0.5, 0.6) is 0 Å². The van der Waals surface area contributed by atoms with E-state index in [-0.39, 0.29) is 31.1 Å². The number of hydrogen-bond acceptors (Lipinski definition) is 6. The summed E-state index contributed by atoms with van der Waals surface area (Å²) >= 11 is 0. The first-order chi connectivity index (χ1) is 32.0. The third-order valence-corrected chi connectivity index (χ3v) is 13.3. The van der Waals surface area contributed by atoms with Gasteiger partial charge < -0.3 is 14.2 Å². The van der Waals surface area contributed by atoms with Crippen LogP contribution in [0.1, 0.15) is 329 Å². The van der Waals surface area contributed by atoms with Crippen molar-refractivity contribution < 1.29 is 28.6 Å². The van der Waals surface area contributed by atoms with E-state index in [0.29, 0.717) is 19.3 Å². The van der Waals surface area contributed by atoms with E-state index >= 15 is 0 Å². The first kappa shape index (κ1) is 63.1. The Morgan fingerprint density at radius 1 is 0.292 bits per heavy atom. The molecule has 0 aromatic heterocycles. The summed E-state index contributed by atoms with van der Waals surface area (Å²) in [5.74, 6) is -0.858. The van der Waals surface area contributed by atoms with Gasteiger partial charge in [-0.25, -0.2) is 0 Å². The Morgan fingerprint density at radius 3 is 0.769 bits per heavy atom. The van der Waals surface area contributed by atoms with Gasteiger partial charge in [-0.3, -0.25) is 14.4 Å². The van der Waals surface area contributed by atoms with E-state index in [9.17, 15) is 14.4 Å². The summed E-state index contributed by atoms with van der Waals surface area (Å²) in [6.45, 7) is 6.66. The number of rotatable bonds is 54. The second-order valence-corrected chi connectivity index (χ2v) is 19.9. The lowest BCUT2D eigenvalue weighted by Gasteiger charge is -2.18. The number of esters is 3. The fraction of sp³-hybridized carbons (Fsp3) is 0.915. The molecule has 0 saturated carbocycles. The van der Waals surface area contributed by atoms with Gasteiger partial charge in [-0.1, -0.05) is 277 Å². The lowest BCUT2D eigenvalue weighted by molar-refractivity contribution is -0.167. The Kier molecular flexibility index (Phi) is 53.2. The van der Waals surface area contributed by atoms with Gasteiger partial charge in [0.15, 0.2) is 6.10 Å². The third kappa shape index (κ3) is 53.0. The molecule has 0 amide bonds. The Balaban J connectivity index is 4.16. The average molecular weight is 918 g/mol. The predicted octanol–water partition coefficient (Wildman–Crippen LogP) is 19.3. The number of allylic oxidation sites excluding steroid dienone is 2. The lowest BCUT2D eigenvalue weighted by atomic mass is 10.0. The molecule has 0 saturated heterocycles. The first-order valence-corrected chi connectivity index (χ1v) is 29.2. The van der Waals surface area contributed by atoms with Crippen molar-refractivity contribution in [2.75, 3.05) is 13.2 Å². The van der Waals surface area contributed by atoms with E-state index in [0.717, 1.165) is 64.2 Å². The Hall–Kier alpha value is -1.85. The van der Waals surface area contributed by atoms with Gasteiger partial charge >= 0.3 is 17.9 Å². The van der Waals surface area contributed by atoms with Crippen molar-refractivity contribution in [3.8, 4) is 0 Å². The molecule has 6 heteroatoms. The SMILES string of the molecule is CCCCCCCC/C=C\CCCCCCCC(=O)OC(COC(=O)CCCCCCCCCCC)COC(=O)CCCCCCCCCCCCCCCCCCCCCCCCC. The molecule has 0 radical (unpaired) electrons. The lowest BCUT2D eigenvalue weighted by Crippen LogP contribution is -2.30. The van der Waals surface area contributed by atoms with Gasteiger partial charge in [0.25, 0.3) is 0 Å². The number of carbonyl (C=O) groups excluding carboxylic acids is 3. The van der Waals surface area contributed by atoms with Crippen LogP contribution in [-0.4, -0.2) is 37.2 Å². The molecule has 0 rings (SSSR count).